The number of nitriles is 1. The van der Waals surface area contributed by atoms with Crippen molar-refractivity contribution in [3.8, 4) is 6.07 Å². The van der Waals surface area contributed by atoms with E-state index in [9.17, 15) is 18.9 Å². The summed E-state index contributed by atoms with van der Waals surface area (Å²) in [5.74, 6) is -2.60. The molecule has 18 heavy (non-hydrogen) atoms. The average molecular weight is 273 g/mol. The van der Waals surface area contributed by atoms with Crippen LogP contribution in [0.4, 0.5) is 14.5 Å². The summed E-state index contributed by atoms with van der Waals surface area (Å²) in [6.45, 7) is 1.62. The molecule has 0 amide bonds. The van der Waals surface area contributed by atoms with Gasteiger partial charge in [0.1, 0.15) is 0 Å². The molecule has 94 valence electrons. The van der Waals surface area contributed by atoms with Crippen LogP contribution < -0.4 is 0 Å². The minimum atomic E-state index is -1.34. The van der Waals surface area contributed by atoms with Crippen LogP contribution in [0.25, 0.3) is 5.03 Å². The van der Waals surface area contributed by atoms with Crippen LogP contribution in [-0.4, -0.2) is 4.92 Å². The van der Waals surface area contributed by atoms with Crippen LogP contribution in [0, 0.1) is 33.1 Å². The van der Waals surface area contributed by atoms with Gasteiger partial charge in [-0.3, -0.25) is 10.1 Å². The summed E-state index contributed by atoms with van der Waals surface area (Å²) in [5, 5.41) is 19.3. The molecule has 0 aliphatic rings. The molecule has 0 bridgehead atoms. The molecule has 0 aliphatic heterocycles. The summed E-state index contributed by atoms with van der Waals surface area (Å²) < 4.78 is 26.0. The summed E-state index contributed by atoms with van der Waals surface area (Å²) in [5.41, 5.74) is -0.926. The average Bonchev–Trinajstić information content (AvgIpc) is 2.33. The maximum absolute atomic E-state index is 13.1. The number of rotatable bonds is 3. The van der Waals surface area contributed by atoms with Gasteiger partial charge in [-0.1, -0.05) is 18.5 Å². The Bertz CT molecular complexity index is 579. The fourth-order valence-corrected chi connectivity index (χ4v) is 1.64. The monoisotopic (exact) mass is 272 g/mol. The van der Waals surface area contributed by atoms with Gasteiger partial charge in [-0.2, -0.15) is 5.26 Å². The molecule has 0 saturated heterocycles. The number of hydrogen-bond donors (Lipinski definition) is 0. The van der Waals surface area contributed by atoms with Crippen LogP contribution in [0.5, 0.6) is 0 Å². The number of nitro benzene ring substituents is 1. The van der Waals surface area contributed by atoms with Gasteiger partial charge in [0.15, 0.2) is 11.6 Å². The smallest absolute Gasteiger partial charge is 0.258 e. The van der Waals surface area contributed by atoms with E-state index in [0.29, 0.717) is 12.1 Å². The molecule has 0 fully saturated rings. The first kappa shape index (κ1) is 14.1. The summed E-state index contributed by atoms with van der Waals surface area (Å²) in [7, 11) is 0. The lowest BCUT2D eigenvalue weighted by Gasteiger charge is -2.04. The maximum atomic E-state index is 13.1. The van der Waals surface area contributed by atoms with Crippen LogP contribution in [0.2, 0.25) is 0 Å². The Morgan fingerprint density at radius 3 is 2.50 bits per heavy atom. The summed E-state index contributed by atoms with van der Waals surface area (Å²) >= 11 is 5.81. The zero-order valence-electron chi connectivity index (χ0n) is 9.21. The van der Waals surface area contributed by atoms with E-state index in [0.717, 1.165) is 0 Å². The molecule has 4 nitrogen and oxygen atoms in total. The van der Waals surface area contributed by atoms with Crippen LogP contribution in [0.15, 0.2) is 17.7 Å². The number of halogens is 3. The Balaban J connectivity index is 3.59. The van der Waals surface area contributed by atoms with Gasteiger partial charge in [0.05, 0.1) is 27.7 Å². The fraction of sp³-hybridized carbons (Fsp3) is 0.182. The largest absolute Gasteiger partial charge is 0.281 e. The molecule has 0 radical (unpaired) electrons. The minimum Gasteiger partial charge on any atom is -0.258 e. The van der Waals surface area contributed by atoms with Crippen molar-refractivity contribution < 1.29 is 13.7 Å². The van der Waals surface area contributed by atoms with E-state index in [1.807, 2.05) is 0 Å². The van der Waals surface area contributed by atoms with Crippen LogP contribution in [-0.2, 0) is 0 Å². The molecular formula is C11H7ClF2N2O2. The lowest BCUT2D eigenvalue weighted by Crippen LogP contribution is -1.98. The number of benzene rings is 1. The molecule has 7 heteroatoms. The molecule has 1 aromatic rings. The van der Waals surface area contributed by atoms with Gasteiger partial charge in [0, 0.05) is 5.57 Å². The third-order valence-electron chi connectivity index (χ3n) is 2.23. The molecular weight excluding hydrogens is 266 g/mol. The third kappa shape index (κ3) is 2.63. The van der Waals surface area contributed by atoms with Gasteiger partial charge < -0.3 is 0 Å². The van der Waals surface area contributed by atoms with Crippen molar-refractivity contribution in [1.29, 1.82) is 5.26 Å². The van der Waals surface area contributed by atoms with Gasteiger partial charge in [-0.25, -0.2) is 8.78 Å². The topological polar surface area (TPSA) is 66.9 Å². The normalized spacial score (nSPS) is 11.7. The van der Waals surface area contributed by atoms with E-state index in [1.165, 1.54) is 0 Å². The number of allylic oxidation sites excluding steroid dienone is 1. The van der Waals surface area contributed by atoms with Crippen LogP contribution >= 0.6 is 11.6 Å². The van der Waals surface area contributed by atoms with Gasteiger partial charge >= 0.3 is 0 Å². The summed E-state index contributed by atoms with van der Waals surface area (Å²) in [6, 6.07) is 2.82. The summed E-state index contributed by atoms with van der Waals surface area (Å²) in [4.78, 5) is 9.86. The van der Waals surface area contributed by atoms with Crippen molar-refractivity contribution in [3.05, 3.63) is 45.0 Å². The first-order valence-corrected chi connectivity index (χ1v) is 5.22. The second-order valence-electron chi connectivity index (χ2n) is 3.30. The van der Waals surface area contributed by atoms with Gasteiger partial charge in [-0.05, 0) is 12.5 Å². The predicted octanol–water partition coefficient (Wildman–Crippen LogP) is 3.76. The first-order valence-electron chi connectivity index (χ1n) is 4.84. The summed E-state index contributed by atoms with van der Waals surface area (Å²) in [6.07, 6.45) is 0.228. The zero-order valence-corrected chi connectivity index (χ0v) is 9.96. The van der Waals surface area contributed by atoms with Crippen molar-refractivity contribution in [1.82, 2.24) is 0 Å². The molecule has 0 atom stereocenters. The highest BCUT2D eigenvalue weighted by atomic mass is 35.5. The van der Waals surface area contributed by atoms with Crippen molar-refractivity contribution in [2.45, 2.75) is 13.3 Å². The molecule has 0 aliphatic carbocycles. The van der Waals surface area contributed by atoms with E-state index in [-0.39, 0.29) is 22.6 Å². The Hall–Kier alpha value is -2.00. The van der Waals surface area contributed by atoms with Crippen LogP contribution in [0.3, 0.4) is 0 Å². The standard InChI is InChI=1S/C11H7ClF2N2O2/c1-2-6(5-15)11(12)7-3-8(13)9(14)4-10(7)16(17)18/h3-4H,2H2,1H3. The molecule has 0 spiro atoms. The molecule has 0 saturated carbocycles. The molecule has 1 rings (SSSR count). The van der Waals surface area contributed by atoms with Gasteiger partial charge in [0.2, 0.25) is 0 Å². The van der Waals surface area contributed by atoms with Crippen LogP contribution in [0.1, 0.15) is 18.9 Å². The number of nitro groups is 1. The minimum absolute atomic E-state index is 0.0609. The highest BCUT2D eigenvalue weighted by molar-refractivity contribution is 6.50. The van der Waals surface area contributed by atoms with Crippen molar-refractivity contribution in [3.63, 3.8) is 0 Å². The molecule has 0 unspecified atom stereocenters. The predicted molar refractivity (Wildman–Crippen MR) is 61.7 cm³/mol. The van der Waals surface area contributed by atoms with E-state index >= 15 is 0 Å². The SMILES string of the molecule is CCC(C#N)=C(Cl)c1cc(F)c(F)cc1[N+](=O)[O-]. The second kappa shape index (κ2) is 5.56. The molecule has 0 heterocycles. The van der Waals surface area contributed by atoms with E-state index < -0.39 is 22.2 Å². The van der Waals surface area contributed by atoms with Crippen molar-refractivity contribution in [2.75, 3.05) is 0 Å². The lowest BCUT2D eigenvalue weighted by atomic mass is 10.1. The zero-order chi connectivity index (χ0) is 13.9. The Morgan fingerprint density at radius 1 is 1.50 bits per heavy atom. The third-order valence-corrected chi connectivity index (χ3v) is 2.66. The molecule has 0 N–H and O–H groups in total. The van der Waals surface area contributed by atoms with E-state index in [1.54, 1.807) is 13.0 Å². The quantitative estimate of drug-likeness (QED) is 0.478. The van der Waals surface area contributed by atoms with E-state index in [4.69, 9.17) is 16.9 Å². The van der Waals surface area contributed by atoms with Gasteiger partial charge in [-0.15, -0.1) is 0 Å². The van der Waals surface area contributed by atoms with Gasteiger partial charge in [0.25, 0.3) is 5.69 Å². The molecule has 0 aromatic heterocycles. The van der Waals surface area contributed by atoms with Crippen molar-refractivity contribution in [2.24, 2.45) is 0 Å². The van der Waals surface area contributed by atoms with E-state index in [2.05, 4.69) is 0 Å². The highest BCUT2D eigenvalue weighted by Crippen LogP contribution is 2.33. The first-order chi connectivity index (χ1) is 8.42. The fourth-order valence-electron chi connectivity index (χ4n) is 1.31. The number of hydrogen-bond acceptors (Lipinski definition) is 3. The molecule has 1 aromatic carbocycles. The Kier molecular flexibility index (Phi) is 4.34. The number of nitrogens with zero attached hydrogens (tertiary/aromatic N) is 2. The second-order valence-corrected chi connectivity index (χ2v) is 3.68. The maximum Gasteiger partial charge on any atom is 0.281 e. The Morgan fingerprint density at radius 2 is 2.06 bits per heavy atom. The van der Waals surface area contributed by atoms with Crippen molar-refractivity contribution >= 4 is 22.3 Å². The Labute approximate surface area is 106 Å². The lowest BCUT2D eigenvalue weighted by molar-refractivity contribution is -0.385. The highest BCUT2D eigenvalue weighted by Gasteiger charge is 2.22.